The van der Waals surface area contributed by atoms with E-state index in [4.69, 9.17) is 9.47 Å². The molecule has 15 heavy (non-hydrogen) atoms. The standard InChI is InChI=1S/C12H22O3/c1-10(2)14-12(13)15-11-8-6-4-3-5-7-9-11/h10-11H,3-9H2,1-2H3. The van der Waals surface area contributed by atoms with Gasteiger partial charge in [-0.3, -0.25) is 0 Å². The Bertz CT molecular complexity index is 181. The molecule has 0 aromatic heterocycles. The van der Waals surface area contributed by atoms with E-state index in [1.807, 2.05) is 13.8 Å². The van der Waals surface area contributed by atoms with E-state index in [1.54, 1.807) is 0 Å². The van der Waals surface area contributed by atoms with Crippen molar-refractivity contribution in [3.63, 3.8) is 0 Å². The molecule has 0 spiro atoms. The van der Waals surface area contributed by atoms with Crippen LogP contribution in [0.25, 0.3) is 0 Å². The normalized spacial score (nSPS) is 19.4. The minimum atomic E-state index is -0.504. The summed E-state index contributed by atoms with van der Waals surface area (Å²) < 4.78 is 10.2. The molecule has 0 bridgehead atoms. The predicted octanol–water partition coefficient (Wildman–Crippen LogP) is 3.66. The smallest absolute Gasteiger partial charge is 0.432 e. The van der Waals surface area contributed by atoms with Crippen molar-refractivity contribution in [2.75, 3.05) is 0 Å². The van der Waals surface area contributed by atoms with Gasteiger partial charge in [-0.15, -0.1) is 0 Å². The van der Waals surface area contributed by atoms with Crippen LogP contribution in [0.4, 0.5) is 4.79 Å². The van der Waals surface area contributed by atoms with Gasteiger partial charge in [0.1, 0.15) is 6.10 Å². The highest BCUT2D eigenvalue weighted by Gasteiger charge is 2.17. The van der Waals surface area contributed by atoms with E-state index in [-0.39, 0.29) is 12.2 Å². The van der Waals surface area contributed by atoms with E-state index in [0.29, 0.717) is 0 Å². The minimum Gasteiger partial charge on any atom is -0.432 e. The van der Waals surface area contributed by atoms with Crippen LogP contribution in [0, 0.1) is 0 Å². The molecule has 0 aromatic carbocycles. The van der Waals surface area contributed by atoms with E-state index in [2.05, 4.69) is 0 Å². The number of hydrogen-bond acceptors (Lipinski definition) is 3. The third-order valence-corrected chi connectivity index (χ3v) is 2.65. The highest BCUT2D eigenvalue weighted by atomic mass is 16.7. The molecule has 1 rings (SSSR count). The second-order valence-electron chi connectivity index (χ2n) is 4.50. The first-order valence-corrected chi connectivity index (χ1v) is 6.05. The van der Waals surface area contributed by atoms with Crippen molar-refractivity contribution < 1.29 is 14.3 Å². The van der Waals surface area contributed by atoms with Crippen molar-refractivity contribution in [3.05, 3.63) is 0 Å². The summed E-state index contributed by atoms with van der Waals surface area (Å²) in [5.74, 6) is 0. The summed E-state index contributed by atoms with van der Waals surface area (Å²) in [6.45, 7) is 3.67. The van der Waals surface area contributed by atoms with Crippen LogP contribution in [0.5, 0.6) is 0 Å². The number of hydrogen-bond donors (Lipinski definition) is 0. The van der Waals surface area contributed by atoms with Gasteiger partial charge in [-0.25, -0.2) is 4.79 Å². The molecule has 0 unspecified atom stereocenters. The molecular weight excluding hydrogens is 192 g/mol. The van der Waals surface area contributed by atoms with E-state index in [9.17, 15) is 4.79 Å². The van der Waals surface area contributed by atoms with E-state index in [0.717, 1.165) is 12.8 Å². The molecule has 1 fully saturated rings. The third kappa shape index (κ3) is 5.65. The van der Waals surface area contributed by atoms with Gasteiger partial charge in [0.15, 0.2) is 0 Å². The van der Waals surface area contributed by atoms with Crippen LogP contribution in [0.3, 0.4) is 0 Å². The van der Waals surface area contributed by atoms with Gasteiger partial charge >= 0.3 is 6.16 Å². The van der Waals surface area contributed by atoms with Gasteiger partial charge in [0.25, 0.3) is 0 Å². The number of carbonyl (C=O) groups is 1. The minimum absolute atomic E-state index is 0.0801. The molecule has 1 aliphatic rings. The second-order valence-corrected chi connectivity index (χ2v) is 4.50. The van der Waals surface area contributed by atoms with Gasteiger partial charge in [-0.1, -0.05) is 19.3 Å². The average Bonchev–Trinajstić information content (AvgIpc) is 2.08. The summed E-state index contributed by atoms with van der Waals surface area (Å²) >= 11 is 0. The molecule has 88 valence electrons. The highest BCUT2D eigenvalue weighted by molar-refractivity contribution is 5.60. The predicted molar refractivity (Wildman–Crippen MR) is 58.8 cm³/mol. The van der Waals surface area contributed by atoms with Crippen LogP contribution in [-0.2, 0) is 9.47 Å². The molecule has 0 amide bonds. The lowest BCUT2D eigenvalue weighted by Gasteiger charge is -2.20. The summed E-state index contributed by atoms with van der Waals surface area (Å²) in [5.41, 5.74) is 0. The quantitative estimate of drug-likeness (QED) is 0.658. The molecule has 0 heterocycles. The Morgan fingerprint density at radius 2 is 1.60 bits per heavy atom. The van der Waals surface area contributed by atoms with Crippen molar-refractivity contribution in [1.29, 1.82) is 0 Å². The van der Waals surface area contributed by atoms with Crippen LogP contribution < -0.4 is 0 Å². The average molecular weight is 214 g/mol. The Morgan fingerprint density at radius 3 is 2.13 bits per heavy atom. The van der Waals surface area contributed by atoms with Crippen molar-refractivity contribution in [1.82, 2.24) is 0 Å². The molecule has 0 aromatic rings. The summed E-state index contributed by atoms with van der Waals surface area (Å²) in [6.07, 6.45) is 7.65. The molecule has 0 saturated heterocycles. The first-order chi connectivity index (χ1) is 7.18. The summed E-state index contributed by atoms with van der Waals surface area (Å²) in [7, 11) is 0. The zero-order valence-electron chi connectivity index (χ0n) is 9.83. The van der Waals surface area contributed by atoms with Crippen LogP contribution in [0.1, 0.15) is 58.8 Å². The van der Waals surface area contributed by atoms with Gasteiger partial charge in [0.05, 0.1) is 6.10 Å². The fourth-order valence-corrected chi connectivity index (χ4v) is 1.89. The summed E-state index contributed by atoms with van der Waals surface area (Å²) in [5, 5.41) is 0. The molecule has 1 aliphatic carbocycles. The third-order valence-electron chi connectivity index (χ3n) is 2.65. The Balaban J connectivity index is 2.25. The summed E-state index contributed by atoms with van der Waals surface area (Å²) in [6, 6.07) is 0. The van der Waals surface area contributed by atoms with Crippen molar-refractivity contribution in [2.24, 2.45) is 0 Å². The van der Waals surface area contributed by atoms with Gasteiger partial charge in [0, 0.05) is 0 Å². The van der Waals surface area contributed by atoms with Gasteiger partial charge < -0.3 is 9.47 Å². The molecular formula is C12H22O3. The molecule has 0 aliphatic heterocycles. The van der Waals surface area contributed by atoms with Crippen LogP contribution in [0.15, 0.2) is 0 Å². The molecule has 0 atom stereocenters. The maximum atomic E-state index is 11.3. The van der Waals surface area contributed by atoms with Gasteiger partial charge in [0.2, 0.25) is 0 Å². The number of ether oxygens (including phenoxy) is 2. The van der Waals surface area contributed by atoms with Gasteiger partial charge in [-0.2, -0.15) is 0 Å². The first-order valence-electron chi connectivity index (χ1n) is 6.05. The van der Waals surface area contributed by atoms with Crippen LogP contribution >= 0.6 is 0 Å². The number of carbonyl (C=O) groups excluding carboxylic acids is 1. The lowest BCUT2D eigenvalue weighted by atomic mass is 9.99. The van der Waals surface area contributed by atoms with E-state index in [1.165, 1.54) is 32.1 Å². The molecule has 3 nitrogen and oxygen atoms in total. The topological polar surface area (TPSA) is 35.5 Å². The monoisotopic (exact) mass is 214 g/mol. The fraction of sp³-hybridized carbons (Fsp3) is 0.917. The maximum absolute atomic E-state index is 11.3. The van der Waals surface area contributed by atoms with Crippen molar-refractivity contribution in [2.45, 2.75) is 71.0 Å². The molecule has 3 heteroatoms. The van der Waals surface area contributed by atoms with Gasteiger partial charge in [-0.05, 0) is 39.5 Å². The van der Waals surface area contributed by atoms with E-state index < -0.39 is 6.16 Å². The highest BCUT2D eigenvalue weighted by Crippen LogP contribution is 2.19. The number of rotatable bonds is 2. The largest absolute Gasteiger partial charge is 0.508 e. The lowest BCUT2D eigenvalue weighted by molar-refractivity contribution is 0.0000354. The maximum Gasteiger partial charge on any atom is 0.508 e. The second kappa shape index (κ2) is 6.70. The Morgan fingerprint density at radius 1 is 1.07 bits per heavy atom. The van der Waals surface area contributed by atoms with E-state index >= 15 is 0 Å². The Hall–Kier alpha value is -0.730. The lowest BCUT2D eigenvalue weighted by Crippen LogP contribution is -2.22. The molecule has 0 radical (unpaired) electrons. The first kappa shape index (κ1) is 12.3. The zero-order valence-corrected chi connectivity index (χ0v) is 9.83. The Labute approximate surface area is 92.1 Å². The van der Waals surface area contributed by atoms with Crippen molar-refractivity contribution >= 4 is 6.16 Å². The van der Waals surface area contributed by atoms with Crippen LogP contribution in [0.2, 0.25) is 0 Å². The zero-order chi connectivity index (χ0) is 11.1. The Kier molecular flexibility index (Phi) is 5.51. The summed E-state index contributed by atoms with van der Waals surface area (Å²) in [4.78, 5) is 11.3. The fourth-order valence-electron chi connectivity index (χ4n) is 1.89. The van der Waals surface area contributed by atoms with Crippen molar-refractivity contribution in [3.8, 4) is 0 Å². The molecule has 1 saturated carbocycles. The molecule has 0 N–H and O–H groups in total. The van der Waals surface area contributed by atoms with Crippen LogP contribution in [-0.4, -0.2) is 18.4 Å². The SMILES string of the molecule is CC(C)OC(=O)OC1CCCCCCC1.